The molecule has 3 saturated heterocycles. The first-order chi connectivity index (χ1) is 14.2. The van der Waals surface area contributed by atoms with Crippen LogP contribution < -0.4 is 9.64 Å². The zero-order chi connectivity index (χ0) is 19.8. The Labute approximate surface area is 172 Å². The Bertz CT molecular complexity index is 906. The number of methoxy groups -OCH3 is 1. The van der Waals surface area contributed by atoms with Crippen LogP contribution in [-0.2, 0) is 0 Å². The highest BCUT2D eigenvalue weighted by Gasteiger charge is 2.45. The van der Waals surface area contributed by atoms with Gasteiger partial charge in [0, 0.05) is 31.7 Å². The number of hydrogen-bond acceptors (Lipinski definition) is 5. The number of ether oxygens (including phenoxy) is 1. The van der Waals surface area contributed by atoms with E-state index in [-0.39, 0.29) is 0 Å². The lowest BCUT2D eigenvalue weighted by Crippen LogP contribution is -2.59. The summed E-state index contributed by atoms with van der Waals surface area (Å²) >= 11 is 0. The normalized spacial score (nSPS) is 29.0. The summed E-state index contributed by atoms with van der Waals surface area (Å²) in [6.45, 7) is 3.25. The second-order valence-corrected chi connectivity index (χ2v) is 8.74. The third kappa shape index (κ3) is 3.47. The zero-order valence-corrected chi connectivity index (χ0v) is 17.0. The molecule has 1 aromatic carbocycles. The third-order valence-corrected chi connectivity index (χ3v) is 7.06. The number of benzene rings is 1. The summed E-state index contributed by atoms with van der Waals surface area (Å²) < 4.78 is 5.35. The second-order valence-electron chi connectivity index (χ2n) is 8.74. The van der Waals surface area contributed by atoms with Gasteiger partial charge in [-0.25, -0.2) is 4.98 Å². The van der Waals surface area contributed by atoms with E-state index in [1.165, 1.54) is 31.2 Å². The van der Waals surface area contributed by atoms with E-state index in [0.717, 1.165) is 31.2 Å². The molecule has 4 heterocycles. The van der Waals surface area contributed by atoms with E-state index >= 15 is 0 Å². The number of fused-ring (bicyclic) bond motifs is 4. The number of aromatic nitrogens is 1. The molecule has 0 spiro atoms. The maximum absolute atomic E-state index is 9.20. The van der Waals surface area contributed by atoms with Crippen LogP contribution in [0, 0.1) is 23.2 Å². The lowest BCUT2D eigenvalue weighted by molar-refractivity contribution is -0.0201. The Balaban J connectivity index is 1.37. The van der Waals surface area contributed by atoms with Crippen molar-refractivity contribution in [3.8, 4) is 11.8 Å². The molecule has 3 aliphatic rings. The number of piperidine rings is 3. The van der Waals surface area contributed by atoms with Gasteiger partial charge in [-0.05, 0) is 67.3 Å². The predicted molar refractivity (Wildman–Crippen MR) is 113 cm³/mol. The molecule has 0 radical (unpaired) electrons. The second kappa shape index (κ2) is 7.68. The van der Waals surface area contributed by atoms with E-state index in [1.807, 2.05) is 6.07 Å². The Morgan fingerprint density at radius 1 is 1.07 bits per heavy atom. The topological polar surface area (TPSA) is 52.4 Å². The summed E-state index contributed by atoms with van der Waals surface area (Å²) in [5, 5.41) is 9.20. The summed E-state index contributed by atoms with van der Waals surface area (Å²) in [6.07, 6.45) is 5.16. The van der Waals surface area contributed by atoms with Crippen molar-refractivity contribution in [3.05, 3.63) is 53.7 Å². The summed E-state index contributed by atoms with van der Waals surface area (Å²) in [5.41, 5.74) is 1.94. The van der Waals surface area contributed by atoms with Crippen LogP contribution in [0.25, 0.3) is 0 Å². The standard InChI is InChI=1S/C24H28N4O/c1-29-21-10-8-18(9-11-21)22-5-3-6-23-19-12-17(15-28(22)23)14-27(16-19)24-7-2-4-20(13-25)26-24/h2,4,7-11,17,19,22-23H,3,5-6,12,14-16H2,1H3/t17-,19+,22+,23-/m0/s1. The van der Waals surface area contributed by atoms with Crippen molar-refractivity contribution in [3.63, 3.8) is 0 Å². The van der Waals surface area contributed by atoms with Crippen molar-refractivity contribution >= 4 is 5.82 Å². The van der Waals surface area contributed by atoms with Crippen molar-refractivity contribution in [1.82, 2.24) is 9.88 Å². The van der Waals surface area contributed by atoms with Crippen LogP contribution in [0.2, 0.25) is 0 Å². The molecule has 0 amide bonds. The number of hydrogen-bond donors (Lipinski definition) is 0. The number of nitrogens with zero attached hydrogens (tertiary/aromatic N) is 4. The molecule has 0 saturated carbocycles. The highest BCUT2D eigenvalue weighted by molar-refractivity contribution is 5.42. The van der Waals surface area contributed by atoms with Gasteiger partial charge < -0.3 is 9.64 Å². The molecule has 5 heteroatoms. The van der Waals surface area contributed by atoms with E-state index in [0.29, 0.717) is 29.6 Å². The van der Waals surface area contributed by atoms with Crippen molar-refractivity contribution in [2.45, 2.75) is 37.8 Å². The maximum atomic E-state index is 9.20. The predicted octanol–water partition coefficient (Wildman–Crippen LogP) is 4.01. The summed E-state index contributed by atoms with van der Waals surface area (Å²) in [6, 6.07) is 17.8. The highest BCUT2D eigenvalue weighted by atomic mass is 16.5. The quantitative estimate of drug-likeness (QED) is 0.795. The van der Waals surface area contributed by atoms with Gasteiger partial charge in [-0.15, -0.1) is 0 Å². The van der Waals surface area contributed by atoms with Gasteiger partial charge in [0.1, 0.15) is 23.3 Å². The van der Waals surface area contributed by atoms with Gasteiger partial charge in [0.2, 0.25) is 0 Å². The monoisotopic (exact) mass is 388 g/mol. The first kappa shape index (κ1) is 18.4. The molecule has 29 heavy (non-hydrogen) atoms. The van der Waals surface area contributed by atoms with E-state index in [1.54, 1.807) is 13.2 Å². The molecule has 5 rings (SSSR count). The number of pyridine rings is 1. The minimum atomic E-state index is 0.511. The minimum Gasteiger partial charge on any atom is -0.497 e. The van der Waals surface area contributed by atoms with Crippen LogP contribution in [0.1, 0.15) is 43.0 Å². The first-order valence-corrected chi connectivity index (χ1v) is 10.8. The minimum absolute atomic E-state index is 0.511. The maximum Gasteiger partial charge on any atom is 0.142 e. The van der Waals surface area contributed by atoms with Gasteiger partial charge in [-0.3, -0.25) is 4.90 Å². The molecule has 150 valence electrons. The fourth-order valence-electron chi connectivity index (χ4n) is 5.84. The molecule has 2 bridgehead atoms. The molecule has 1 aromatic heterocycles. The SMILES string of the molecule is COc1ccc([C@H]2CCC[C@H]3[C@@H]4C[C@@H](CN(c5cccc(C#N)n5)C4)CN23)cc1. The largest absolute Gasteiger partial charge is 0.497 e. The van der Waals surface area contributed by atoms with Crippen LogP contribution in [0.4, 0.5) is 5.82 Å². The van der Waals surface area contributed by atoms with Crippen molar-refractivity contribution in [1.29, 1.82) is 5.26 Å². The van der Waals surface area contributed by atoms with Gasteiger partial charge in [0.25, 0.3) is 0 Å². The molecule has 5 nitrogen and oxygen atoms in total. The van der Waals surface area contributed by atoms with Gasteiger partial charge in [0.15, 0.2) is 0 Å². The number of rotatable bonds is 3. The summed E-state index contributed by atoms with van der Waals surface area (Å²) in [4.78, 5) is 9.80. The van der Waals surface area contributed by atoms with Crippen molar-refractivity contribution in [2.24, 2.45) is 11.8 Å². The van der Waals surface area contributed by atoms with Gasteiger partial charge in [0.05, 0.1) is 7.11 Å². The fraction of sp³-hybridized carbons (Fsp3) is 0.500. The number of anilines is 1. The highest BCUT2D eigenvalue weighted by Crippen LogP contribution is 2.45. The molecule has 3 aliphatic heterocycles. The lowest BCUT2D eigenvalue weighted by Gasteiger charge is -2.55. The Morgan fingerprint density at radius 3 is 2.72 bits per heavy atom. The van der Waals surface area contributed by atoms with Crippen LogP contribution in [-0.4, -0.2) is 42.7 Å². The molecular weight excluding hydrogens is 360 g/mol. The lowest BCUT2D eigenvalue weighted by atomic mass is 9.74. The van der Waals surface area contributed by atoms with Gasteiger partial charge >= 0.3 is 0 Å². The molecular formula is C24H28N4O. The first-order valence-electron chi connectivity index (χ1n) is 10.8. The van der Waals surface area contributed by atoms with Crippen molar-refractivity contribution < 1.29 is 4.74 Å². The van der Waals surface area contributed by atoms with Crippen LogP contribution in [0.3, 0.4) is 0 Å². The van der Waals surface area contributed by atoms with Gasteiger partial charge in [-0.1, -0.05) is 18.2 Å². The van der Waals surface area contributed by atoms with Crippen molar-refractivity contribution in [2.75, 3.05) is 31.6 Å². The Morgan fingerprint density at radius 2 is 1.93 bits per heavy atom. The van der Waals surface area contributed by atoms with E-state index in [9.17, 15) is 5.26 Å². The zero-order valence-electron chi connectivity index (χ0n) is 17.0. The number of nitriles is 1. The fourth-order valence-corrected chi connectivity index (χ4v) is 5.84. The molecule has 0 N–H and O–H groups in total. The average molecular weight is 389 g/mol. The Kier molecular flexibility index (Phi) is 4.89. The third-order valence-electron chi connectivity index (χ3n) is 7.06. The van der Waals surface area contributed by atoms with Crippen LogP contribution >= 0.6 is 0 Å². The van der Waals surface area contributed by atoms with Crippen LogP contribution in [0.15, 0.2) is 42.5 Å². The average Bonchev–Trinajstić information content (AvgIpc) is 2.79. The van der Waals surface area contributed by atoms with Crippen LogP contribution in [0.5, 0.6) is 5.75 Å². The molecule has 3 fully saturated rings. The molecule has 4 atom stereocenters. The molecule has 0 aliphatic carbocycles. The summed E-state index contributed by atoms with van der Waals surface area (Å²) in [5.74, 6) is 3.24. The van der Waals surface area contributed by atoms with E-state index in [2.05, 4.69) is 51.2 Å². The van der Waals surface area contributed by atoms with E-state index in [4.69, 9.17) is 4.74 Å². The molecule has 0 unspecified atom stereocenters. The summed E-state index contributed by atoms with van der Waals surface area (Å²) in [7, 11) is 1.73. The van der Waals surface area contributed by atoms with Gasteiger partial charge in [-0.2, -0.15) is 5.26 Å². The van der Waals surface area contributed by atoms with E-state index < -0.39 is 0 Å². The smallest absolute Gasteiger partial charge is 0.142 e. The Hall–Kier alpha value is -2.58. The molecule has 2 aromatic rings.